The highest BCUT2D eigenvalue weighted by molar-refractivity contribution is 5.69. The van der Waals surface area contributed by atoms with Crippen LogP contribution in [0, 0.1) is 24.7 Å². The predicted molar refractivity (Wildman–Crippen MR) is 202 cm³/mol. The van der Waals surface area contributed by atoms with Crippen LogP contribution in [0.3, 0.4) is 0 Å². The van der Waals surface area contributed by atoms with Crippen LogP contribution in [-0.2, 0) is 28.5 Å². The van der Waals surface area contributed by atoms with Crippen molar-refractivity contribution in [1.82, 2.24) is 0 Å². The first-order valence-electron chi connectivity index (χ1n) is 20.1. The minimum absolute atomic E-state index is 0.131. The fraction of sp³-hybridized carbons (Fsp3) is 0.833. The lowest BCUT2D eigenvalue weighted by atomic mass is 9.99. The van der Waals surface area contributed by atoms with E-state index in [0.29, 0.717) is 37.9 Å². The molecule has 0 aliphatic carbocycles. The Bertz CT molecular complexity index is 746. The van der Waals surface area contributed by atoms with E-state index in [1.54, 1.807) is 0 Å². The molecular formula is C42H77O6. The maximum absolute atomic E-state index is 12.6. The first-order valence-corrected chi connectivity index (χ1v) is 20.1. The minimum atomic E-state index is -0.407. The van der Waals surface area contributed by atoms with Gasteiger partial charge in [0.1, 0.15) is 0 Å². The van der Waals surface area contributed by atoms with Crippen molar-refractivity contribution in [3.8, 4) is 0 Å². The number of rotatable bonds is 35. The van der Waals surface area contributed by atoms with E-state index in [1.165, 1.54) is 38.5 Å². The Hall–Kier alpha value is -1.66. The molecule has 1 radical (unpaired) electrons. The van der Waals surface area contributed by atoms with Gasteiger partial charge in [-0.3, -0.25) is 9.59 Å². The third kappa shape index (κ3) is 30.4. The number of esters is 2. The topological polar surface area (TPSA) is 71.1 Å². The summed E-state index contributed by atoms with van der Waals surface area (Å²) < 4.78 is 23.4. The Morgan fingerprint density at radius 1 is 0.521 bits per heavy atom. The van der Waals surface area contributed by atoms with Crippen molar-refractivity contribution in [1.29, 1.82) is 0 Å². The molecular weight excluding hydrogens is 600 g/mol. The zero-order valence-electron chi connectivity index (χ0n) is 32.2. The third-order valence-corrected chi connectivity index (χ3v) is 8.70. The first-order chi connectivity index (χ1) is 23.4. The van der Waals surface area contributed by atoms with E-state index in [-0.39, 0.29) is 37.5 Å². The molecule has 0 saturated carbocycles. The molecule has 0 amide bonds. The lowest BCUT2D eigenvalue weighted by molar-refractivity contribution is -0.169. The Morgan fingerprint density at radius 2 is 0.979 bits per heavy atom. The van der Waals surface area contributed by atoms with Gasteiger partial charge in [0.05, 0.1) is 32.8 Å². The van der Waals surface area contributed by atoms with E-state index >= 15 is 0 Å². The highest BCUT2D eigenvalue weighted by Gasteiger charge is 2.19. The molecule has 0 saturated heterocycles. The molecule has 0 bridgehead atoms. The molecule has 0 aliphatic heterocycles. The molecule has 0 fully saturated rings. The van der Waals surface area contributed by atoms with Crippen LogP contribution in [0.25, 0.3) is 0 Å². The molecule has 0 aromatic carbocycles. The van der Waals surface area contributed by atoms with Gasteiger partial charge in [0.25, 0.3) is 0 Å². The van der Waals surface area contributed by atoms with Crippen molar-refractivity contribution in [3.05, 3.63) is 31.2 Å². The van der Waals surface area contributed by atoms with E-state index in [2.05, 4.69) is 65.8 Å². The summed E-state index contributed by atoms with van der Waals surface area (Å²) >= 11 is 0. The van der Waals surface area contributed by atoms with Crippen LogP contribution in [0.1, 0.15) is 176 Å². The molecule has 0 heterocycles. The van der Waals surface area contributed by atoms with E-state index in [1.807, 2.05) is 0 Å². The Labute approximate surface area is 297 Å². The normalized spacial score (nSPS) is 12.7. The van der Waals surface area contributed by atoms with E-state index in [4.69, 9.17) is 18.9 Å². The molecule has 0 N–H and O–H groups in total. The van der Waals surface area contributed by atoms with Gasteiger partial charge >= 0.3 is 11.9 Å². The van der Waals surface area contributed by atoms with Crippen LogP contribution >= 0.6 is 0 Å². The molecule has 0 rings (SSSR count). The first kappa shape index (κ1) is 46.3. The summed E-state index contributed by atoms with van der Waals surface area (Å²) in [4.78, 5) is 24.7. The van der Waals surface area contributed by atoms with Gasteiger partial charge in [0, 0.05) is 18.8 Å². The van der Waals surface area contributed by atoms with Crippen LogP contribution in [0.2, 0.25) is 0 Å². The molecule has 281 valence electrons. The lowest BCUT2D eigenvalue weighted by Gasteiger charge is -2.24. The summed E-state index contributed by atoms with van der Waals surface area (Å²) in [6.45, 7) is 16.7. The Morgan fingerprint density at radius 3 is 1.48 bits per heavy atom. The van der Waals surface area contributed by atoms with Crippen LogP contribution in [0.15, 0.2) is 24.3 Å². The maximum Gasteiger partial charge on any atom is 0.305 e. The van der Waals surface area contributed by atoms with E-state index in [0.717, 1.165) is 83.5 Å². The summed E-state index contributed by atoms with van der Waals surface area (Å²) in [5.41, 5.74) is 0. The largest absolute Gasteiger partial charge is 0.465 e. The van der Waals surface area contributed by atoms with Crippen molar-refractivity contribution >= 4 is 11.9 Å². The number of hydrogen-bond donors (Lipinski definition) is 0. The van der Waals surface area contributed by atoms with Gasteiger partial charge in [0.2, 0.25) is 0 Å². The second-order valence-corrected chi connectivity index (χ2v) is 13.7. The highest BCUT2D eigenvalue weighted by atomic mass is 16.7. The van der Waals surface area contributed by atoms with Crippen molar-refractivity contribution in [3.63, 3.8) is 0 Å². The predicted octanol–water partition coefficient (Wildman–Crippen LogP) is 11.9. The molecule has 0 aromatic heterocycles. The highest BCUT2D eigenvalue weighted by Crippen LogP contribution is 2.20. The van der Waals surface area contributed by atoms with E-state index in [9.17, 15) is 9.59 Å². The van der Waals surface area contributed by atoms with E-state index < -0.39 is 6.29 Å². The molecule has 6 heteroatoms. The maximum atomic E-state index is 12.6. The Kier molecular flexibility index (Phi) is 34.0. The summed E-state index contributed by atoms with van der Waals surface area (Å²) in [7, 11) is 0. The Balaban J connectivity index is 4.20. The average molecular weight is 678 g/mol. The molecule has 1 atom stereocenters. The van der Waals surface area contributed by atoms with Crippen molar-refractivity contribution in [2.45, 2.75) is 182 Å². The lowest BCUT2D eigenvalue weighted by Crippen LogP contribution is -2.26. The number of ether oxygens (including phenoxy) is 4. The number of carbonyl (C=O) groups excluding carboxylic acids is 2. The number of carbonyl (C=O) groups is 2. The van der Waals surface area contributed by atoms with Crippen molar-refractivity contribution < 1.29 is 28.5 Å². The molecule has 0 aliphatic rings. The van der Waals surface area contributed by atoms with Gasteiger partial charge in [-0.15, -0.1) is 0 Å². The standard InChI is InChI=1S/C42H77O6/c1-7-12-13-14-15-16-17-18-19-20-21-22-23-24-25-30-40(43)45-33-37(6)34-46-41(44)31-32-42(47-35-38(26-8-2)27-9-3)48-36-39(28-10-4)29-11-5/h15-16,18-19,37-39,42H,6-14,17,20-36H2,1-5H3/b16-15-,19-18-. The van der Waals surface area contributed by atoms with Gasteiger partial charge in [-0.2, -0.15) is 0 Å². The minimum Gasteiger partial charge on any atom is -0.465 e. The second kappa shape index (κ2) is 35.2. The zero-order valence-corrected chi connectivity index (χ0v) is 32.2. The average Bonchev–Trinajstić information content (AvgIpc) is 3.07. The third-order valence-electron chi connectivity index (χ3n) is 8.70. The van der Waals surface area contributed by atoms with Crippen LogP contribution in [-0.4, -0.2) is 44.7 Å². The number of allylic oxidation sites excluding steroid dienone is 4. The molecule has 48 heavy (non-hydrogen) atoms. The SMILES string of the molecule is [CH2]C(COC(=O)CCCCCCC/C=C\C/C=C\CCCCC)COC(=O)CCC(OCC(CCC)CCC)OCC(CCC)CCC. The smallest absolute Gasteiger partial charge is 0.305 e. The molecule has 6 nitrogen and oxygen atoms in total. The summed E-state index contributed by atoms with van der Waals surface area (Å²) in [5.74, 6) is 0.245. The van der Waals surface area contributed by atoms with Gasteiger partial charge in [-0.05, 0) is 83.0 Å². The van der Waals surface area contributed by atoms with Crippen LogP contribution in [0.5, 0.6) is 0 Å². The molecule has 1 unspecified atom stereocenters. The monoisotopic (exact) mass is 678 g/mol. The summed E-state index contributed by atoms with van der Waals surface area (Å²) in [6, 6.07) is 0. The van der Waals surface area contributed by atoms with Gasteiger partial charge in [-0.25, -0.2) is 0 Å². The van der Waals surface area contributed by atoms with Gasteiger partial charge in [-0.1, -0.05) is 117 Å². The fourth-order valence-electron chi connectivity index (χ4n) is 5.89. The van der Waals surface area contributed by atoms with Crippen LogP contribution in [0.4, 0.5) is 0 Å². The zero-order chi connectivity index (χ0) is 35.5. The summed E-state index contributed by atoms with van der Waals surface area (Å²) in [6.07, 6.45) is 31.6. The number of hydrogen-bond acceptors (Lipinski definition) is 6. The van der Waals surface area contributed by atoms with Gasteiger partial charge < -0.3 is 18.9 Å². The van der Waals surface area contributed by atoms with Crippen LogP contribution < -0.4 is 0 Å². The quantitative estimate of drug-likeness (QED) is 0.0288. The fourth-order valence-corrected chi connectivity index (χ4v) is 5.89. The van der Waals surface area contributed by atoms with Crippen molar-refractivity contribution in [2.75, 3.05) is 26.4 Å². The second-order valence-electron chi connectivity index (χ2n) is 13.7. The molecule has 0 aromatic rings. The summed E-state index contributed by atoms with van der Waals surface area (Å²) in [5, 5.41) is 0. The van der Waals surface area contributed by atoms with Crippen molar-refractivity contribution in [2.24, 2.45) is 17.8 Å². The molecule has 0 spiro atoms. The number of unbranched alkanes of at least 4 members (excludes halogenated alkanes) is 8. The van der Waals surface area contributed by atoms with Gasteiger partial charge in [0.15, 0.2) is 6.29 Å².